The van der Waals surface area contributed by atoms with Crippen molar-refractivity contribution in [3.63, 3.8) is 0 Å². The number of ether oxygens (including phenoxy) is 1. The van der Waals surface area contributed by atoms with Gasteiger partial charge in [-0.25, -0.2) is 4.79 Å². The summed E-state index contributed by atoms with van der Waals surface area (Å²) in [5.41, 5.74) is -1.24. The molecule has 0 aromatic rings. The zero-order chi connectivity index (χ0) is 20.8. The van der Waals surface area contributed by atoms with E-state index in [0.29, 0.717) is 50.4 Å². The number of hydrogen-bond acceptors (Lipinski definition) is 5. The molecule has 3 atom stereocenters. The van der Waals surface area contributed by atoms with E-state index in [9.17, 15) is 24.3 Å². The van der Waals surface area contributed by atoms with Crippen LogP contribution in [0.1, 0.15) is 70.6 Å². The summed E-state index contributed by atoms with van der Waals surface area (Å²) in [4.78, 5) is 49.3. The van der Waals surface area contributed by atoms with Gasteiger partial charge in [0.15, 0.2) is 0 Å². The van der Waals surface area contributed by atoms with Gasteiger partial charge in [-0.1, -0.05) is 0 Å². The number of amides is 1. The molecule has 0 spiro atoms. The number of carboxylic acid groups (broad SMARTS) is 1. The van der Waals surface area contributed by atoms with Crippen molar-refractivity contribution in [1.82, 2.24) is 5.32 Å². The van der Waals surface area contributed by atoms with Crippen LogP contribution in [0.15, 0.2) is 0 Å². The number of methoxy groups -OCH3 is 1. The summed E-state index contributed by atoms with van der Waals surface area (Å²) in [6.45, 7) is 0. The Balaban J connectivity index is 1.48. The van der Waals surface area contributed by atoms with Crippen LogP contribution in [0.4, 0.5) is 0 Å². The highest BCUT2D eigenvalue weighted by atomic mass is 16.5. The van der Waals surface area contributed by atoms with Gasteiger partial charge in [0.2, 0.25) is 5.91 Å². The van der Waals surface area contributed by atoms with E-state index in [0.717, 1.165) is 32.1 Å². The third-order valence-corrected chi connectivity index (χ3v) is 8.00. The number of rotatable bonds is 6. The Bertz CT molecular complexity index is 707. The number of carboxylic acids is 1. The van der Waals surface area contributed by atoms with E-state index in [1.165, 1.54) is 7.11 Å². The third-order valence-electron chi connectivity index (χ3n) is 8.00. The Kier molecular flexibility index (Phi) is 5.20. The van der Waals surface area contributed by atoms with Crippen LogP contribution in [-0.2, 0) is 23.9 Å². The molecular weight excluding hydrogens is 374 g/mol. The third kappa shape index (κ3) is 3.68. The van der Waals surface area contributed by atoms with Crippen molar-refractivity contribution in [3.05, 3.63) is 0 Å². The van der Waals surface area contributed by atoms with E-state index in [1.807, 2.05) is 0 Å². The molecule has 5 rings (SSSR count). The molecule has 0 aromatic carbocycles. The summed E-state index contributed by atoms with van der Waals surface area (Å²) in [5.74, 6) is -0.416. The van der Waals surface area contributed by atoms with Gasteiger partial charge < -0.3 is 15.2 Å². The first kappa shape index (κ1) is 20.4. The lowest BCUT2D eigenvalue weighted by Gasteiger charge is -2.59. The smallest absolute Gasteiger partial charge is 0.326 e. The average molecular weight is 405 g/mol. The first-order chi connectivity index (χ1) is 13.7. The fourth-order valence-electron chi connectivity index (χ4n) is 7.08. The summed E-state index contributed by atoms with van der Waals surface area (Å²) in [6.07, 6.45) is 7.30. The van der Waals surface area contributed by atoms with Crippen molar-refractivity contribution >= 4 is 23.6 Å². The highest BCUT2D eigenvalue weighted by Gasteiger charge is 2.63. The molecule has 7 heteroatoms. The lowest BCUT2D eigenvalue weighted by atomic mass is 9.44. The normalized spacial score (nSPS) is 37.2. The van der Waals surface area contributed by atoms with Crippen LogP contribution in [0.5, 0.6) is 0 Å². The molecular formula is C22H31NO6. The second-order valence-electron chi connectivity index (χ2n) is 10.1. The molecule has 2 N–H and O–H groups in total. The Labute approximate surface area is 170 Å². The topological polar surface area (TPSA) is 110 Å². The average Bonchev–Trinajstić information content (AvgIpc) is 2.67. The second-order valence-corrected chi connectivity index (χ2v) is 10.1. The molecule has 0 aliphatic heterocycles. The van der Waals surface area contributed by atoms with Crippen LogP contribution < -0.4 is 5.32 Å². The Morgan fingerprint density at radius 1 is 1.10 bits per heavy atom. The van der Waals surface area contributed by atoms with E-state index in [2.05, 4.69) is 5.32 Å². The van der Waals surface area contributed by atoms with Crippen LogP contribution in [0.25, 0.3) is 0 Å². The van der Waals surface area contributed by atoms with E-state index in [1.54, 1.807) is 0 Å². The highest BCUT2D eigenvalue weighted by Crippen LogP contribution is 2.65. The molecule has 2 unspecified atom stereocenters. The van der Waals surface area contributed by atoms with E-state index >= 15 is 0 Å². The van der Waals surface area contributed by atoms with Crippen LogP contribution in [0, 0.1) is 28.6 Å². The fourth-order valence-corrected chi connectivity index (χ4v) is 7.08. The fraction of sp³-hybridized carbons (Fsp3) is 0.818. The quantitative estimate of drug-likeness (QED) is 0.657. The van der Waals surface area contributed by atoms with E-state index in [-0.39, 0.29) is 23.6 Å². The number of aliphatic carboxylic acids is 1. The lowest BCUT2D eigenvalue weighted by molar-refractivity contribution is -0.182. The second kappa shape index (κ2) is 7.40. The standard InChI is InChI=1S/C22H31NO6/c1-29-20(28)22-10-14-6-15(11-22)9-21(8-14,12-22)19(27)23-17(18(25)26)7-13-2-4-16(24)5-3-13/h13-15,17H,2-12H2,1H3,(H,23,27)(H,25,26)/t14?,15?,17-,21?,22?/m0/s1. The minimum atomic E-state index is -1.03. The highest BCUT2D eigenvalue weighted by molar-refractivity contribution is 5.89. The Hall–Kier alpha value is -1.92. The Morgan fingerprint density at radius 3 is 2.24 bits per heavy atom. The van der Waals surface area contributed by atoms with E-state index < -0.39 is 22.8 Å². The summed E-state index contributed by atoms with van der Waals surface area (Å²) in [6, 6.07) is -0.942. The van der Waals surface area contributed by atoms with E-state index in [4.69, 9.17) is 4.74 Å². The van der Waals surface area contributed by atoms with Gasteiger partial charge in [-0.15, -0.1) is 0 Å². The van der Waals surface area contributed by atoms with Gasteiger partial charge in [0, 0.05) is 12.8 Å². The predicted octanol–water partition coefficient (Wildman–Crippen LogP) is 2.46. The summed E-state index contributed by atoms with van der Waals surface area (Å²) < 4.78 is 5.10. The molecule has 0 saturated heterocycles. The number of carbonyl (C=O) groups is 4. The molecule has 7 nitrogen and oxygen atoms in total. The number of nitrogens with one attached hydrogen (secondary N) is 1. The van der Waals surface area contributed by atoms with Crippen molar-refractivity contribution in [3.8, 4) is 0 Å². The number of Topliss-reactive ketones (excluding diaryl/α,β-unsaturated/α-hetero) is 1. The van der Waals surface area contributed by atoms with Crippen LogP contribution in [0.2, 0.25) is 0 Å². The zero-order valence-electron chi connectivity index (χ0n) is 17.1. The number of ketones is 1. The predicted molar refractivity (Wildman–Crippen MR) is 103 cm³/mol. The zero-order valence-corrected chi connectivity index (χ0v) is 17.1. The maximum atomic E-state index is 13.4. The first-order valence-corrected chi connectivity index (χ1v) is 10.9. The molecule has 5 aliphatic rings. The molecule has 5 saturated carbocycles. The summed E-state index contributed by atoms with van der Waals surface area (Å²) >= 11 is 0. The molecule has 160 valence electrons. The minimum Gasteiger partial charge on any atom is -0.480 e. The maximum absolute atomic E-state index is 13.4. The SMILES string of the molecule is COC(=O)C12CC3CC(CC(C(=O)N[C@@H](CC4CCC(=O)CC4)C(=O)O)(C3)C1)C2. The Morgan fingerprint density at radius 2 is 1.69 bits per heavy atom. The van der Waals surface area contributed by atoms with Gasteiger partial charge in [0.1, 0.15) is 11.8 Å². The van der Waals surface area contributed by atoms with Crippen molar-refractivity contribution < 1.29 is 29.0 Å². The van der Waals surface area contributed by atoms with Crippen LogP contribution in [0.3, 0.4) is 0 Å². The molecule has 4 bridgehead atoms. The van der Waals surface area contributed by atoms with Gasteiger partial charge in [-0.3, -0.25) is 14.4 Å². The van der Waals surface area contributed by atoms with Crippen molar-refractivity contribution in [2.45, 2.75) is 76.7 Å². The van der Waals surface area contributed by atoms with Gasteiger partial charge in [0.05, 0.1) is 17.9 Å². The minimum absolute atomic E-state index is 0.145. The molecule has 1 amide bonds. The molecule has 0 radical (unpaired) electrons. The summed E-state index contributed by atoms with van der Waals surface area (Å²) in [7, 11) is 1.41. The maximum Gasteiger partial charge on any atom is 0.326 e. The van der Waals surface area contributed by atoms with Gasteiger partial charge in [-0.2, -0.15) is 0 Å². The summed E-state index contributed by atoms with van der Waals surface area (Å²) in [5, 5.41) is 12.5. The van der Waals surface area contributed by atoms with Crippen LogP contribution >= 0.6 is 0 Å². The molecule has 5 aliphatic carbocycles. The number of esters is 1. The van der Waals surface area contributed by atoms with Crippen molar-refractivity contribution in [2.75, 3.05) is 7.11 Å². The largest absolute Gasteiger partial charge is 0.480 e. The first-order valence-electron chi connectivity index (χ1n) is 10.9. The van der Waals surface area contributed by atoms with Gasteiger partial charge in [-0.05, 0) is 75.5 Å². The number of hydrogen-bond donors (Lipinski definition) is 2. The van der Waals surface area contributed by atoms with Crippen LogP contribution in [-0.4, -0.2) is 41.9 Å². The van der Waals surface area contributed by atoms with Gasteiger partial charge in [0.25, 0.3) is 0 Å². The monoisotopic (exact) mass is 405 g/mol. The lowest BCUT2D eigenvalue weighted by Crippen LogP contribution is -2.61. The van der Waals surface area contributed by atoms with Gasteiger partial charge >= 0.3 is 11.9 Å². The molecule has 0 heterocycles. The van der Waals surface area contributed by atoms with Crippen molar-refractivity contribution in [2.24, 2.45) is 28.6 Å². The number of carbonyl (C=O) groups excluding carboxylic acids is 3. The van der Waals surface area contributed by atoms with Crippen molar-refractivity contribution in [1.29, 1.82) is 0 Å². The molecule has 0 aromatic heterocycles. The molecule has 29 heavy (non-hydrogen) atoms. The molecule has 5 fully saturated rings.